The van der Waals surface area contributed by atoms with E-state index in [4.69, 9.17) is 5.11 Å². The van der Waals surface area contributed by atoms with E-state index in [0.717, 1.165) is 16.8 Å². The Morgan fingerprint density at radius 3 is 3.00 bits per heavy atom. The predicted molar refractivity (Wildman–Crippen MR) is 70.2 cm³/mol. The summed E-state index contributed by atoms with van der Waals surface area (Å²) in [6, 6.07) is 1.13. The van der Waals surface area contributed by atoms with Crippen molar-refractivity contribution in [3.8, 4) is 0 Å². The molecule has 0 bridgehead atoms. The predicted octanol–water partition coefficient (Wildman–Crippen LogP) is 2.34. The summed E-state index contributed by atoms with van der Waals surface area (Å²) in [5, 5.41) is 14.5. The zero-order valence-electron chi connectivity index (χ0n) is 10.2. The molecule has 2 aromatic heterocycles. The molecule has 0 saturated carbocycles. The Morgan fingerprint density at radius 2 is 2.37 bits per heavy atom. The number of aromatic carboxylic acids is 1. The summed E-state index contributed by atoms with van der Waals surface area (Å²) in [6.45, 7) is 2.35. The number of nitrogens with one attached hydrogen (secondary N) is 1. The summed E-state index contributed by atoms with van der Waals surface area (Å²) in [5.74, 6) is -2.20. The van der Waals surface area contributed by atoms with E-state index in [9.17, 15) is 9.18 Å². The number of thiazole rings is 1. The van der Waals surface area contributed by atoms with Crippen molar-refractivity contribution in [3.05, 3.63) is 39.7 Å². The summed E-state index contributed by atoms with van der Waals surface area (Å²) in [6.07, 6.45) is 1.90. The first-order chi connectivity index (χ1) is 9.08. The maximum atomic E-state index is 13.7. The monoisotopic (exact) mass is 281 g/mol. The van der Waals surface area contributed by atoms with Gasteiger partial charge in [0.1, 0.15) is 5.56 Å². The second-order valence-corrected chi connectivity index (χ2v) is 4.83. The molecular weight excluding hydrogens is 269 g/mol. The number of carbonyl (C=O) groups is 1. The first kappa shape index (κ1) is 13.4. The minimum absolute atomic E-state index is 0.0480. The Hall–Kier alpha value is -2.02. The van der Waals surface area contributed by atoms with Gasteiger partial charge in [-0.25, -0.2) is 19.2 Å². The lowest BCUT2D eigenvalue weighted by Crippen LogP contribution is -2.11. The molecule has 0 aliphatic heterocycles. The molecule has 0 aromatic carbocycles. The molecule has 100 valence electrons. The molecule has 7 heteroatoms. The molecule has 5 nitrogen and oxygen atoms in total. The molecule has 0 unspecified atom stereocenters. The highest BCUT2D eigenvalue weighted by atomic mass is 32.1. The van der Waals surface area contributed by atoms with Crippen LogP contribution in [0.1, 0.15) is 21.1 Å². The SMILES string of the molecule is Cc1csc(CCNc2nccc(C(=O)O)c2F)n1. The summed E-state index contributed by atoms with van der Waals surface area (Å²) >= 11 is 1.54. The van der Waals surface area contributed by atoms with Gasteiger partial charge in [0.2, 0.25) is 0 Å². The number of rotatable bonds is 5. The molecule has 2 rings (SSSR count). The smallest absolute Gasteiger partial charge is 0.338 e. The Bertz CT molecular complexity index is 600. The van der Waals surface area contributed by atoms with Crippen molar-refractivity contribution in [3.63, 3.8) is 0 Å². The second kappa shape index (κ2) is 5.75. The van der Waals surface area contributed by atoms with Gasteiger partial charge in [0.05, 0.1) is 5.01 Å². The maximum Gasteiger partial charge on any atom is 0.338 e. The van der Waals surface area contributed by atoms with Crippen molar-refractivity contribution in [2.45, 2.75) is 13.3 Å². The third-order valence-electron chi connectivity index (χ3n) is 2.42. The molecule has 0 fully saturated rings. The van der Waals surface area contributed by atoms with E-state index in [1.807, 2.05) is 12.3 Å². The van der Waals surface area contributed by atoms with Crippen LogP contribution >= 0.6 is 11.3 Å². The summed E-state index contributed by atoms with van der Waals surface area (Å²) in [4.78, 5) is 18.8. The van der Waals surface area contributed by atoms with Gasteiger partial charge >= 0.3 is 5.97 Å². The molecule has 0 aliphatic carbocycles. The quantitative estimate of drug-likeness (QED) is 0.879. The van der Waals surface area contributed by atoms with Crippen LogP contribution in [-0.2, 0) is 6.42 Å². The molecule has 0 amide bonds. The van der Waals surface area contributed by atoms with Gasteiger partial charge in [0.15, 0.2) is 11.6 Å². The van der Waals surface area contributed by atoms with Gasteiger partial charge < -0.3 is 10.4 Å². The third kappa shape index (κ3) is 3.25. The van der Waals surface area contributed by atoms with Crippen molar-refractivity contribution < 1.29 is 14.3 Å². The molecular formula is C12H12FN3O2S. The highest BCUT2D eigenvalue weighted by Gasteiger charge is 2.14. The first-order valence-electron chi connectivity index (χ1n) is 5.60. The fraction of sp³-hybridized carbons (Fsp3) is 0.250. The van der Waals surface area contributed by atoms with Crippen molar-refractivity contribution in [2.75, 3.05) is 11.9 Å². The topological polar surface area (TPSA) is 75.1 Å². The standard InChI is InChI=1S/C12H12FN3O2S/c1-7-6-19-9(16-7)3-5-15-11-10(13)8(12(17)18)2-4-14-11/h2,4,6H,3,5H2,1H3,(H,14,15)(H,17,18). The van der Waals surface area contributed by atoms with E-state index in [0.29, 0.717) is 13.0 Å². The Balaban J connectivity index is 2.00. The molecule has 2 heterocycles. The number of carboxylic acids is 1. The second-order valence-electron chi connectivity index (χ2n) is 3.89. The normalized spacial score (nSPS) is 10.4. The van der Waals surface area contributed by atoms with Crippen molar-refractivity contribution >= 4 is 23.1 Å². The molecule has 19 heavy (non-hydrogen) atoms. The molecule has 0 aliphatic rings. The van der Waals surface area contributed by atoms with E-state index in [-0.39, 0.29) is 11.4 Å². The van der Waals surface area contributed by atoms with Crippen molar-refractivity contribution in [1.29, 1.82) is 0 Å². The van der Waals surface area contributed by atoms with Gasteiger partial charge in [-0.05, 0) is 13.0 Å². The zero-order chi connectivity index (χ0) is 13.8. The molecule has 0 atom stereocenters. The van der Waals surface area contributed by atoms with Crippen molar-refractivity contribution in [1.82, 2.24) is 9.97 Å². The van der Waals surface area contributed by atoms with Crippen LogP contribution in [0.15, 0.2) is 17.6 Å². The largest absolute Gasteiger partial charge is 0.478 e. The van der Waals surface area contributed by atoms with Gasteiger partial charge in [0.25, 0.3) is 0 Å². The maximum absolute atomic E-state index is 13.7. The number of pyridine rings is 1. The first-order valence-corrected chi connectivity index (χ1v) is 6.48. The molecule has 2 aromatic rings. The number of hydrogen-bond acceptors (Lipinski definition) is 5. The van der Waals surface area contributed by atoms with E-state index >= 15 is 0 Å². The average Bonchev–Trinajstić information content (AvgIpc) is 2.77. The fourth-order valence-corrected chi connectivity index (χ4v) is 2.31. The molecule has 0 saturated heterocycles. The van der Waals surface area contributed by atoms with E-state index in [2.05, 4.69) is 15.3 Å². The number of carboxylic acid groups (broad SMARTS) is 1. The lowest BCUT2D eigenvalue weighted by Gasteiger charge is -2.06. The molecule has 2 N–H and O–H groups in total. The highest BCUT2D eigenvalue weighted by Crippen LogP contribution is 2.15. The van der Waals surface area contributed by atoms with Crippen LogP contribution < -0.4 is 5.32 Å². The fourth-order valence-electron chi connectivity index (χ4n) is 1.54. The van der Waals surface area contributed by atoms with Gasteiger partial charge in [-0.1, -0.05) is 0 Å². The number of aromatic nitrogens is 2. The van der Waals surface area contributed by atoms with E-state index in [1.165, 1.54) is 17.5 Å². The number of hydrogen-bond donors (Lipinski definition) is 2. The summed E-state index contributed by atoms with van der Waals surface area (Å²) in [7, 11) is 0. The number of anilines is 1. The van der Waals surface area contributed by atoms with Crippen LogP contribution in [0, 0.1) is 12.7 Å². The molecule has 0 radical (unpaired) electrons. The van der Waals surface area contributed by atoms with Gasteiger partial charge in [-0.3, -0.25) is 0 Å². The Labute approximate surface area is 113 Å². The van der Waals surface area contributed by atoms with Crippen LogP contribution in [0.3, 0.4) is 0 Å². The Kier molecular flexibility index (Phi) is 4.06. The Morgan fingerprint density at radius 1 is 1.58 bits per heavy atom. The molecule has 0 spiro atoms. The summed E-state index contributed by atoms with van der Waals surface area (Å²) < 4.78 is 13.7. The van der Waals surface area contributed by atoms with Crippen LogP contribution in [0.2, 0.25) is 0 Å². The lowest BCUT2D eigenvalue weighted by atomic mass is 10.2. The minimum Gasteiger partial charge on any atom is -0.478 e. The number of aryl methyl sites for hydroxylation is 1. The van der Waals surface area contributed by atoms with Crippen LogP contribution in [0.4, 0.5) is 10.2 Å². The van der Waals surface area contributed by atoms with Crippen LogP contribution in [0.5, 0.6) is 0 Å². The summed E-state index contributed by atoms with van der Waals surface area (Å²) in [5.41, 5.74) is 0.569. The average molecular weight is 281 g/mol. The van der Waals surface area contributed by atoms with Gasteiger partial charge in [-0.2, -0.15) is 0 Å². The zero-order valence-corrected chi connectivity index (χ0v) is 11.0. The van der Waals surface area contributed by atoms with Gasteiger partial charge in [-0.15, -0.1) is 11.3 Å². The number of halogens is 1. The van der Waals surface area contributed by atoms with E-state index < -0.39 is 11.8 Å². The lowest BCUT2D eigenvalue weighted by molar-refractivity contribution is 0.0692. The van der Waals surface area contributed by atoms with Crippen LogP contribution in [-0.4, -0.2) is 27.6 Å². The van der Waals surface area contributed by atoms with Gasteiger partial charge in [0, 0.05) is 30.2 Å². The van der Waals surface area contributed by atoms with E-state index in [1.54, 1.807) is 0 Å². The van der Waals surface area contributed by atoms with Crippen molar-refractivity contribution in [2.24, 2.45) is 0 Å². The third-order valence-corrected chi connectivity index (χ3v) is 3.44. The highest BCUT2D eigenvalue weighted by molar-refractivity contribution is 7.09. The minimum atomic E-state index is -1.31. The number of nitrogens with zero attached hydrogens (tertiary/aromatic N) is 2. The van der Waals surface area contributed by atoms with Crippen LogP contribution in [0.25, 0.3) is 0 Å².